The minimum absolute atomic E-state index is 0.0308. The SMILES string of the molecule is CN(Cc1ccccc1)C(=O)N1CCC2(CC1)CCN(c1ccc(OC(F)(F)F)cc1)C2=O. The predicted molar refractivity (Wildman–Crippen MR) is 117 cm³/mol. The molecular formula is C24H26F3N3O3. The van der Waals surface area contributed by atoms with E-state index in [2.05, 4.69) is 4.74 Å². The second-order valence-electron chi connectivity index (χ2n) is 8.64. The molecule has 0 bridgehead atoms. The lowest BCUT2D eigenvalue weighted by Crippen LogP contribution is -2.49. The van der Waals surface area contributed by atoms with Crippen molar-refractivity contribution in [2.75, 3.05) is 31.6 Å². The molecule has 2 aromatic rings. The number of carbonyl (C=O) groups excluding carboxylic acids is 2. The van der Waals surface area contributed by atoms with Crippen molar-refractivity contribution in [3.05, 3.63) is 60.2 Å². The topological polar surface area (TPSA) is 53.1 Å². The third-order valence-corrected chi connectivity index (χ3v) is 6.47. The Morgan fingerprint density at radius 1 is 1.00 bits per heavy atom. The first-order valence-electron chi connectivity index (χ1n) is 10.9. The van der Waals surface area contributed by atoms with E-state index in [0.717, 1.165) is 5.56 Å². The van der Waals surface area contributed by atoms with Crippen LogP contribution in [0.15, 0.2) is 54.6 Å². The molecule has 0 radical (unpaired) electrons. The van der Waals surface area contributed by atoms with Crippen molar-refractivity contribution in [3.63, 3.8) is 0 Å². The highest BCUT2D eigenvalue weighted by Crippen LogP contribution is 2.43. The highest BCUT2D eigenvalue weighted by atomic mass is 19.4. The van der Waals surface area contributed by atoms with Crippen LogP contribution in [-0.4, -0.2) is 54.8 Å². The molecule has 2 aromatic carbocycles. The summed E-state index contributed by atoms with van der Waals surface area (Å²) in [5.74, 6) is -0.351. The van der Waals surface area contributed by atoms with E-state index in [0.29, 0.717) is 51.1 Å². The lowest BCUT2D eigenvalue weighted by molar-refractivity contribution is -0.274. The van der Waals surface area contributed by atoms with Gasteiger partial charge < -0.3 is 19.4 Å². The van der Waals surface area contributed by atoms with Crippen LogP contribution >= 0.6 is 0 Å². The summed E-state index contributed by atoms with van der Waals surface area (Å²) in [4.78, 5) is 31.2. The van der Waals surface area contributed by atoms with Crippen LogP contribution in [-0.2, 0) is 11.3 Å². The fraction of sp³-hybridized carbons (Fsp3) is 0.417. The third kappa shape index (κ3) is 5.07. The van der Waals surface area contributed by atoms with Gasteiger partial charge in [-0.25, -0.2) is 4.79 Å². The van der Waals surface area contributed by atoms with E-state index in [1.807, 2.05) is 30.3 Å². The van der Waals surface area contributed by atoms with Gasteiger partial charge in [0.05, 0.1) is 5.41 Å². The van der Waals surface area contributed by atoms with Gasteiger partial charge in [-0.3, -0.25) is 4.79 Å². The van der Waals surface area contributed by atoms with Crippen molar-refractivity contribution in [1.29, 1.82) is 0 Å². The molecule has 0 N–H and O–H groups in total. The van der Waals surface area contributed by atoms with E-state index < -0.39 is 11.8 Å². The molecule has 176 valence electrons. The number of carbonyl (C=O) groups is 2. The predicted octanol–water partition coefficient (Wildman–Crippen LogP) is 4.66. The van der Waals surface area contributed by atoms with Gasteiger partial charge in [-0.1, -0.05) is 30.3 Å². The van der Waals surface area contributed by atoms with E-state index in [9.17, 15) is 22.8 Å². The number of alkyl halides is 3. The Kier molecular flexibility index (Phi) is 6.23. The Hall–Kier alpha value is -3.23. The number of hydrogen-bond acceptors (Lipinski definition) is 3. The summed E-state index contributed by atoms with van der Waals surface area (Å²) in [5.41, 5.74) is 1.07. The number of likely N-dealkylation sites (tertiary alicyclic amines) is 1. The number of ether oxygens (including phenoxy) is 1. The summed E-state index contributed by atoms with van der Waals surface area (Å²) in [5, 5.41) is 0. The van der Waals surface area contributed by atoms with Crippen LogP contribution in [0, 0.1) is 5.41 Å². The molecule has 0 saturated carbocycles. The number of hydrogen-bond donors (Lipinski definition) is 0. The number of benzene rings is 2. The van der Waals surface area contributed by atoms with Gasteiger partial charge >= 0.3 is 12.4 Å². The molecule has 0 aromatic heterocycles. The molecular weight excluding hydrogens is 435 g/mol. The van der Waals surface area contributed by atoms with Crippen molar-refractivity contribution < 1.29 is 27.5 Å². The van der Waals surface area contributed by atoms with E-state index in [1.54, 1.807) is 21.7 Å². The average molecular weight is 461 g/mol. The quantitative estimate of drug-likeness (QED) is 0.666. The van der Waals surface area contributed by atoms with Crippen LogP contribution in [0.5, 0.6) is 5.75 Å². The number of anilines is 1. The maximum atomic E-state index is 13.2. The molecule has 4 rings (SSSR count). The molecule has 0 atom stereocenters. The molecule has 0 unspecified atom stereocenters. The zero-order valence-corrected chi connectivity index (χ0v) is 18.3. The Morgan fingerprint density at radius 3 is 2.21 bits per heavy atom. The molecule has 3 amide bonds. The van der Waals surface area contributed by atoms with Crippen molar-refractivity contribution in [2.45, 2.75) is 32.2 Å². The van der Waals surface area contributed by atoms with E-state index in [1.165, 1.54) is 24.3 Å². The van der Waals surface area contributed by atoms with Crippen molar-refractivity contribution in [2.24, 2.45) is 5.41 Å². The minimum atomic E-state index is -4.75. The number of piperidine rings is 1. The Morgan fingerprint density at radius 2 is 1.61 bits per heavy atom. The maximum absolute atomic E-state index is 13.2. The molecule has 6 nitrogen and oxygen atoms in total. The maximum Gasteiger partial charge on any atom is 0.573 e. The van der Waals surface area contributed by atoms with Crippen molar-refractivity contribution in [3.8, 4) is 5.75 Å². The lowest BCUT2D eigenvalue weighted by atomic mass is 9.77. The normalized spacial score (nSPS) is 18.0. The van der Waals surface area contributed by atoms with Crippen LogP contribution in [0.1, 0.15) is 24.8 Å². The molecule has 2 aliphatic heterocycles. The first-order valence-corrected chi connectivity index (χ1v) is 10.9. The van der Waals surface area contributed by atoms with Gasteiger partial charge in [-0.05, 0) is 49.1 Å². The van der Waals surface area contributed by atoms with Gasteiger partial charge in [-0.15, -0.1) is 13.2 Å². The molecule has 1 spiro atoms. The first-order chi connectivity index (χ1) is 15.7. The van der Waals surface area contributed by atoms with Crippen LogP contribution in [0.2, 0.25) is 0 Å². The Labute approximate surface area is 190 Å². The number of rotatable bonds is 4. The molecule has 33 heavy (non-hydrogen) atoms. The number of urea groups is 1. The highest BCUT2D eigenvalue weighted by molar-refractivity contribution is 6.00. The Balaban J connectivity index is 1.35. The van der Waals surface area contributed by atoms with Crippen LogP contribution in [0.4, 0.5) is 23.7 Å². The van der Waals surface area contributed by atoms with E-state index in [-0.39, 0.29) is 17.7 Å². The standard InChI is InChI=1S/C24H26F3N3O3/c1-28(17-18-5-3-2-4-6-18)22(32)29-14-11-23(12-15-29)13-16-30(21(23)31)19-7-9-20(10-8-19)33-24(25,26)27/h2-10H,11-17H2,1H3. The number of halogens is 3. The lowest BCUT2D eigenvalue weighted by Gasteiger charge is -2.39. The summed E-state index contributed by atoms with van der Waals surface area (Å²) in [7, 11) is 1.77. The summed E-state index contributed by atoms with van der Waals surface area (Å²) < 4.78 is 41.0. The molecule has 2 aliphatic rings. The Bertz CT molecular complexity index is 988. The van der Waals surface area contributed by atoms with Crippen LogP contribution < -0.4 is 9.64 Å². The van der Waals surface area contributed by atoms with E-state index >= 15 is 0 Å². The second kappa shape index (κ2) is 8.96. The smallest absolute Gasteiger partial charge is 0.406 e. The minimum Gasteiger partial charge on any atom is -0.406 e. The monoisotopic (exact) mass is 461 g/mol. The fourth-order valence-electron chi connectivity index (χ4n) is 4.65. The summed E-state index contributed by atoms with van der Waals surface area (Å²) in [6.07, 6.45) is -2.95. The molecule has 0 aliphatic carbocycles. The van der Waals surface area contributed by atoms with Gasteiger partial charge in [0.1, 0.15) is 5.75 Å². The van der Waals surface area contributed by atoms with Crippen LogP contribution in [0.25, 0.3) is 0 Å². The summed E-state index contributed by atoms with van der Waals surface area (Å²) in [6, 6.07) is 15.1. The van der Waals surface area contributed by atoms with Gasteiger partial charge in [-0.2, -0.15) is 0 Å². The number of amides is 3. The molecule has 9 heteroatoms. The summed E-state index contributed by atoms with van der Waals surface area (Å²) in [6.45, 7) is 2.01. The largest absolute Gasteiger partial charge is 0.573 e. The van der Waals surface area contributed by atoms with Gasteiger partial charge in [0.2, 0.25) is 5.91 Å². The first kappa shape index (κ1) is 22.9. The van der Waals surface area contributed by atoms with Gasteiger partial charge in [0.25, 0.3) is 0 Å². The highest BCUT2D eigenvalue weighted by Gasteiger charge is 2.49. The third-order valence-electron chi connectivity index (χ3n) is 6.47. The molecule has 2 fully saturated rings. The van der Waals surface area contributed by atoms with Crippen molar-refractivity contribution >= 4 is 17.6 Å². The van der Waals surface area contributed by atoms with Gasteiger partial charge in [0.15, 0.2) is 0 Å². The van der Waals surface area contributed by atoms with Crippen LogP contribution in [0.3, 0.4) is 0 Å². The van der Waals surface area contributed by atoms with Gasteiger partial charge in [0, 0.05) is 38.9 Å². The zero-order chi connectivity index (χ0) is 23.6. The van der Waals surface area contributed by atoms with E-state index in [4.69, 9.17) is 0 Å². The average Bonchev–Trinajstić information content (AvgIpc) is 3.09. The zero-order valence-electron chi connectivity index (χ0n) is 18.3. The molecule has 2 saturated heterocycles. The second-order valence-corrected chi connectivity index (χ2v) is 8.64. The molecule has 2 heterocycles. The number of nitrogens with zero attached hydrogens (tertiary/aromatic N) is 3. The summed E-state index contributed by atoms with van der Waals surface area (Å²) >= 11 is 0. The fourth-order valence-corrected chi connectivity index (χ4v) is 4.65. The van der Waals surface area contributed by atoms with Crippen molar-refractivity contribution in [1.82, 2.24) is 9.80 Å².